The van der Waals surface area contributed by atoms with Crippen LogP contribution in [0.25, 0.3) is 105 Å². The molecule has 61 heavy (non-hydrogen) atoms. The van der Waals surface area contributed by atoms with E-state index in [0.29, 0.717) is 0 Å². The van der Waals surface area contributed by atoms with Crippen molar-refractivity contribution in [3.8, 4) is 83.6 Å². The van der Waals surface area contributed by atoms with Crippen molar-refractivity contribution >= 4 is 21.8 Å². The van der Waals surface area contributed by atoms with Crippen LogP contribution in [0.15, 0.2) is 249 Å². The zero-order valence-electron chi connectivity index (χ0n) is 33.6. The maximum atomic E-state index is 2.44. The second-order valence-corrected chi connectivity index (χ2v) is 15.8. The lowest BCUT2D eigenvalue weighted by Crippen LogP contribution is -1.94. The number of hydrogen-bond donors (Lipinski definition) is 0. The van der Waals surface area contributed by atoms with E-state index in [-0.39, 0.29) is 0 Å². The molecule has 11 aromatic rings. The third-order valence-corrected chi connectivity index (χ3v) is 11.9. The summed E-state index contributed by atoms with van der Waals surface area (Å²) in [6.07, 6.45) is 0. The molecule has 0 atom stereocenters. The highest BCUT2D eigenvalue weighted by Crippen LogP contribution is 2.41. The largest absolute Gasteiger partial charge is 0.309 e. The average Bonchev–Trinajstić information content (AvgIpc) is 3.68. The summed E-state index contributed by atoms with van der Waals surface area (Å²) in [5.74, 6) is 0. The van der Waals surface area contributed by atoms with E-state index in [9.17, 15) is 0 Å². The highest BCUT2D eigenvalue weighted by atomic mass is 15.0. The van der Waals surface area contributed by atoms with Crippen molar-refractivity contribution in [3.05, 3.63) is 249 Å². The summed E-state index contributed by atoms with van der Waals surface area (Å²) in [5.41, 5.74) is 20.2. The van der Waals surface area contributed by atoms with Crippen LogP contribution in [-0.4, -0.2) is 4.57 Å². The standard InChI is InChI=1S/C60H41N/c1-6-17-42(18-7-1)47-27-16-28-56(39-47)61-59-31-29-48(54-35-50(43-19-8-2-9-20-43)33-51(36-54)44-21-10-3-11-22-44)40-57(59)58-41-49(30-32-60(58)61)55-37-52(45-23-12-4-13-24-45)34-53(38-55)46-25-14-5-15-26-46/h1-41H. The lowest BCUT2D eigenvalue weighted by molar-refractivity contribution is 1.18. The van der Waals surface area contributed by atoms with Gasteiger partial charge in [0.05, 0.1) is 11.0 Å². The Labute approximate surface area is 357 Å². The molecule has 1 aromatic heterocycles. The molecule has 286 valence electrons. The molecule has 0 radical (unpaired) electrons. The van der Waals surface area contributed by atoms with Gasteiger partial charge in [-0.1, -0.05) is 176 Å². The number of benzene rings is 10. The lowest BCUT2D eigenvalue weighted by atomic mass is 9.92. The molecule has 1 heterocycles. The van der Waals surface area contributed by atoms with E-state index in [4.69, 9.17) is 0 Å². The van der Waals surface area contributed by atoms with Crippen LogP contribution < -0.4 is 0 Å². The van der Waals surface area contributed by atoms with Crippen LogP contribution in [0, 0.1) is 0 Å². The molecule has 0 unspecified atom stereocenters. The molecule has 0 amide bonds. The van der Waals surface area contributed by atoms with Crippen molar-refractivity contribution in [2.45, 2.75) is 0 Å². The predicted octanol–water partition coefficient (Wildman–Crippen LogP) is 16.5. The molecule has 1 nitrogen and oxygen atoms in total. The van der Waals surface area contributed by atoms with E-state index in [1.165, 1.54) is 99.7 Å². The monoisotopic (exact) mass is 775 g/mol. The van der Waals surface area contributed by atoms with Gasteiger partial charge in [-0.2, -0.15) is 0 Å². The summed E-state index contributed by atoms with van der Waals surface area (Å²) in [5, 5.41) is 2.43. The molecular formula is C60H41N. The molecule has 0 aliphatic carbocycles. The molecule has 0 spiro atoms. The van der Waals surface area contributed by atoms with E-state index in [0.717, 1.165) is 5.69 Å². The van der Waals surface area contributed by atoms with Crippen molar-refractivity contribution in [2.75, 3.05) is 0 Å². The van der Waals surface area contributed by atoms with Gasteiger partial charge >= 0.3 is 0 Å². The van der Waals surface area contributed by atoms with Crippen molar-refractivity contribution in [1.82, 2.24) is 4.57 Å². The van der Waals surface area contributed by atoms with Crippen LogP contribution in [0.2, 0.25) is 0 Å². The topological polar surface area (TPSA) is 4.93 Å². The van der Waals surface area contributed by atoms with Gasteiger partial charge in [-0.15, -0.1) is 0 Å². The molecule has 11 rings (SSSR count). The molecule has 10 aromatic carbocycles. The smallest absolute Gasteiger partial charge is 0.0541 e. The van der Waals surface area contributed by atoms with Gasteiger partial charge in [-0.25, -0.2) is 0 Å². The van der Waals surface area contributed by atoms with Crippen molar-refractivity contribution in [1.29, 1.82) is 0 Å². The summed E-state index contributed by atoms with van der Waals surface area (Å²) in [4.78, 5) is 0. The summed E-state index contributed by atoms with van der Waals surface area (Å²) in [6.45, 7) is 0. The lowest BCUT2D eigenvalue weighted by Gasteiger charge is -2.13. The van der Waals surface area contributed by atoms with Gasteiger partial charge in [-0.3, -0.25) is 0 Å². The Kier molecular flexibility index (Phi) is 9.26. The first-order chi connectivity index (χ1) is 30.2. The first-order valence-electron chi connectivity index (χ1n) is 21.0. The molecule has 0 aliphatic heterocycles. The molecule has 0 bridgehead atoms. The average molecular weight is 776 g/mol. The Hall–Kier alpha value is -8.00. The molecule has 0 saturated carbocycles. The minimum Gasteiger partial charge on any atom is -0.309 e. The Morgan fingerprint density at radius 1 is 0.180 bits per heavy atom. The number of rotatable bonds is 8. The maximum Gasteiger partial charge on any atom is 0.0541 e. The van der Waals surface area contributed by atoms with Crippen LogP contribution in [-0.2, 0) is 0 Å². The van der Waals surface area contributed by atoms with Crippen molar-refractivity contribution < 1.29 is 0 Å². The molecule has 0 saturated heterocycles. The third-order valence-electron chi connectivity index (χ3n) is 11.9. The molecular weight excluding hydrogens is 735 g/mol. The van der Waals surface area contributed by atoms with Gasteiger partial charge in [0, 0.05) is 16.5 Å². The Morgan fingerprint density at radius 3 is 0.803 bits per heavy atom. The zero-order chi connectivity index (χ0) is 40.5. The first kappa shape index (κ1) is 36.1. The first-order valence-corrected chi connectivity index (χ1v) is 21.0. The normalized spacial score (nSPS) is 11.3. The fourth-order valence-electron chi connectivity index (χ4n) is 8.89. The Balaban J connectivity index is 1.14. The summed E-state index contributed by atoms with van der Waals surface area (Å²) in [7, 11) is 0. The van der Waals surface area contributed by atoms with Crippen LogP contribution in [0.3, 0.4) is 0 Å². The predicted molar refractivity (Wildman–Crippen MR) is 259 cm³/mol. The van der Waals surface area contributed by atoms with Crippen LogP contribution in [0.5, 0.6) is 0 Å². The van der Waals surface area contributed by atoms with Gasteiger partial charge < -0.3 is 4.57 Å². The van der Waals surface area contributed by atoms with Gasteiger partial charge in [-0.05, 0) is 151 Å². The number of aromatic nitrogens is 1. The van der Waals surface area contributed by atoms with Crippen molar-refractivity contribution in [2.24, 2.45) is 0 Å². The van der Waals surface area contributed by atoms with Gasteiger partial charge in [0.15, 0.2) is 0 Å². The Bertz CT molecular complexity index is 3010. The Morgan fingerprint density at radius 2 is 0.459 bits per heavy atom. The fraction of sp³-hybridized carbons (Fsp3) is 0. The van der Waals surface area contributed by atoms with Crippen LogP contribution in [0.4, 0.5) is 0 Å². The highest BCUT2D eigenvalue weighted by Gasteiger charge is 2.17. The van der Waals surface area contributed by atoms with E-state index < -0.39 is 0 Å². The summed E-state index contributed by atoms with van der Waals surface area (Å²) < 4.78 is 2.44. The van der Waals surface area contributed by atoms with E-state index >= 15 is 0 Å². The summed E-state index contributed by atoms with van der Waals surface area (Å²) >= 11 is 0. The van der Waals surface area contributed by atoms with Gasteiger partial charge in [0.1, 0.15) is 0 Å². The highest BCUT2D eigenvalue weighted by molar-refractivity contribution is 6.12. The number of nitrogens with zero attached hydrogens (tertiary/aromatic N) is 1. The number of hydrogen-bond acceptors (Lipinski definition) is 0. The molecule has 0 N–H and O–H groups in total. The second kappa shape index (κ2) is 15.6. The van der Waals surface area contributed by atoms with E-state index in [1.54, 1.807) is 0 Å². The molecule has 0 aliphatic rings. The van der Waals surface area contributed by atoms with Gasteiger partial charge in [0.25, 0.3) is 0 Å². The van der Waals surface area contributed by atoms with Crippen LogP contribution >= 0.6 is 0 Å². The molecule has 1 heteroatoms. The minimum absolute atomic E-state index is 1.14. The maximum absolute atomic E-state index is 2.44. The molecule has 0 fully saturated rings. The summed E-state index contributed by atoms with van der Waals surface area (Å²) in [6, 6.07) is 90.6. The fourth-order valence-corrected chi connectivity index (χ4v) is 8.89. The zero-order valence-corrected chi connectivity index (χ0v) is 33.6. The minimum atomic E-state index is 1.14. The van der Waals surface area contributed by atoms with E-state index in [2.05, 4.69) is 253 Å². The van der Waals surface area contributed by atoms with E-state index in [1.807, 2.05) is 0 Å². The third kappa shape index (κ3) is 7.03. The van der Waals surface area contributed by atoms with Crippen molar-refractivity contribution in [3.63, 3.8) is 0 Å². The van der Waals surface area contributed by atoms with Crippen LogP contribution in [0.1, 0.15) is 0 Å². The van der Waals surface area contributed by atoms with Gasteiger partial charge in [0.2, 0.25) is 0 Å². The second-order valence-electron chi connectivity index (χ2n) is 15.8. The quantitative estimate of drug-likeness (QED) is 0.145. The SMILES string of the molecule is c1ccc(-c2cc(-c3ccccc3)cc(-c3ccc4c(c3)c3cc(-c5cc(-c6ccccc6)cc(-c6ccccc6)c5)ccc3n4-c3cccc(-c4ccccc4)c3)c2)cc1. The number of fused-ring (bicyclic) bond motifs is 3.